The second kappa shape index (κ2) is 9.23. The van der Waals surface area contributed by atoms with Gasteiger partial charge in [-0.05, 0) is 31.0 Å². The zero-order valence-electron chi connectivity index (χ0n) is 17.0. The molecule has 0 fully saturated rings. The number of rotatable bonds is 8. The molecule has 3 rings (SSSR count). The summed E-state index contributed by atoms with van der Waals surface area (Å²) in [6.45, 7) is 3.63. The number of aryl methyl sites for hydroxylation is 1. The summed E-state index contributed by atoms with van der Waals surface area (Å²) in [6, 6.07) is 6.14. The summed E-state index contributed by atoms with van der Waals surface area (Å²) >= 11 is 0. The number of nitrogens with one attached hydrogen (secondary N) is 3. The van der Waals surface area contributed by atoms with E-state index in [0.717, 1.165) is 5.56 Å². The SMILES string of the molecule is CCc1ccc(Nc2cncc(Oc3ccnc(NS(=O)(=O)NC)c3F)c2C)c(F)c1. The summed E-state index contributed by atoms with van der Waals surface area (Å²) in [5.41, 5.74) is 2.14. The van der Waals surface area contributed by atoms with Gasteiger partial charge in [-0.1, -0.05) is 13.0 Å². The molecule has 3 aromatic rings. The number of halogens is 2. The summed E-state index contributed by atoms with van der Waals surface area (Å²) in [7, 11) is -2.79. The highest BCUT2D eigenvalue weighted by Crippen LogP contribution is 2.33. The van der Waals surface area contributed by atoms with Gasteiger partial charge in [-0.15, -0.1) is 0 Å². The Kier molecular flexibility index (Phi) is 6.66. The smallest absolute Gasteiger partial charge is 0.300 e. The van der Waals surface area contributed by atoms with E-state index >= 15 is 0 Å². The molecule has 0 amide bonds. The summed E-state index contributed by atoms with van der Waals surface area (Å²) in [6.07, 6.45) is 4.77. The quantitative estimate of drug-likeness (QED) is 0.479. The fourth-order valence-electron chi connectivity index (χ4n) is 2.63. The molecule has 0 saturated heterocycles. The molecule has 0 bridgehead atoms. The fourth-order valence-corrected chi connectivity index (χ4v) is 3.13. The van der Waals surface area contributed by atoms with Crippen LogP contribution in [0.25, 0.3) is 0 Å². The van der Waals surface area contributed by atoms with Gasteiger partial charge in [-0.3, -0.25) is 9.71 Å². The molecule has 164 valence electrons. The van der Waals surface area contributed by atoms with Crippen molar-refractivity contribution in [2.24, 2.45) is 0 Å². The van der Waals surface area contributed by atoms with Crippen LogP contribution >= 0.6 is 0 Å². The van der Waals surface area contributed by atoms with E-state index in [2.05, 4.69) is 15.3 Å². The van der Waals surface area contributed by atoms with Gasteiger partial charge in [-0.2, -0.15) is 12.8 Å². The monoisotopic (exact) mass is 449 g/mol. The van der Waals surface area contributed by atoms with Crippen LogP contribution in [-0.2, 0) is 16.6 Å². The highest BCUT2D eigenvalue weighted by atomic mass is 32.2. The number of nitrogens with zero attached hydrogens (tertiary/aromatic N) is 2. The molecular formula is C20H21F2N5O3S. The molecule has 2 aromatic heterocycles. The lowest BCUT2D eigenvalue weighted by Crippen LogP contribution is -2.27. The number of hydrogen-bond donors (Lipinski definition) is 3. The predicted octanol–water partition coefficient (Wildman–Crippen LogP) is 4.04. The minimum atomic E-state index is -3.96. The van der Waals surface area contributed by atoms with E-state index < -0.39 is 27.7 Å². The first-order chi connectivity index (χ1) is 14.7. The highest BCUT2D eigenvalue weighted by Gasteiger charge is 2.18. The van der Waals surface area contributed by atoms with Crippen LogP contribution in [0, 0.1) is 18.6 Å². The Labute approximate surface area is 178 Å². The van der Waals surface area contributed by atoms with Crippen LogP contribution in [0.1, 0.15) is 18.1 Å². The van der Waals surface area contributed by atoms with Crippen LogP contribution in [0.4, 0.5) is 26.0 Å². The molecule has 1 aromatic carbocycles. The van der Waals surface area contributed by atoms with Crippen LogP contribution < -0.4 is 19.5 Å². The van der Waals surface area contributed by atoms with Crippen LogP contribution in [0.3, 0.4) is 0 Å². The molecule has 11 heteroatoms. The number of hydrogen-bond acceptors (Lipinski definition) is 6. The summed E-state index contributed by atoms with van der Waals surface area (Å²) in [5, 5.41) is 2.96. The number of anilines is 3. The average molecular weight is 449 g/mol. The first-order valence-corrected chi connectivity index (χ1v) is 10.8. The van der Waals surface area contributed by atoms with Crippen molar-refractivity contribution in [2.45, 2.75) is 20.3 Å². The number of ether oxygens (including phenoxy) is 1. The van der Waals surface area contributed by atoms with Crippen molar-refractivity contribution in [3.63, 3.8) is 0 Å². The Morgan fingerprint density at radius 2 is 1.87 bits per heavy atom. The topological polar surface area (TPSA) is 105 Å². The van der Waals surface area contributed by atoms with Crippen LogP contribution in [0.2, 0.25) is 0 Å². The molecule has 8 nitrogen and oxygen atoms in total. The molecule has 31 heavy (non-hydrogen) atoms. The number of benzene rings is 1. The highest BCUT2D eigenvalue weighted by molar-refractivity contribution is 7.90. The van der Waals surface area contributed by atoms with Crippen molar-refractivity contribution in [3.05, 3.63) is 65.6 Å². The Balaban J connectivity index is 1.87. The van der Waals surface area contributed by atoms with Gasteiger partial charge in [0, 0.05) is 24.9 Å². The van der Waals surface area contributed by atoms with Crippen LogP contribution in [-0.4, -0.2) is 25.4 Å². The molecule has 0 aliphatic rings. The first kappa shape index (κ1) is 22.4. The average Bonchev–Trinajstić information content (AvgIpc) is 2.74. The second-order valence-corrected chi connectivity index (χ2v) is 8.11. The lowest BCUT2D eigenvalue weighted by atomic mass is 10.1. The van der Waals surface area contributed by atoms with E-state index in [9.17, 15) is 17.2 Å². The minimum Gasteiger partial charge on any atom is -0.452 e. The van der Waals surface area contributed by atoms with Crippen LogP contribution in [0.5, 0.6) is 11.5 Å². The number of aromatic nitrogens is 2. The van der Waals surface area contributed by atoms with Crippen molar-refractivity contribution >= 4 is 27.4 Å². The standard InChI is InChI=1S/C20H21F2N5O3S/c1-4-13-5-6-15(14(21)9-13)26-16-10-24-11-18(12(16)2)30-17-7-8-25-20(19(17)22)27-31(28,29)23-3/h5-11,23,26H,4H2,1-3H3,(H,25,27). The predicted molar refractivity (Wildman–Crippen MR) is 114 cm³/mol. The molecule has 0 saturated carbocycles. The largest absolute Gasteiger partial charge is 0.452 e. The minimum absolute atomic E-state index is 0.197. The van der Waals surface area contributed by atoms with Crippen molar-refractivity contribution < 1.29 is 21.9 Å². The van der Waals surface area contributed by atoms with E-state index in [1.807, 2.05) is 22.4 Å². The third-order valence-corrected chi connectivity index (χ3v) is 5.45. The zero-order chi connectivity index (χ0) is 22.6. The van der Waals surface area contributed by atoms with Crippen LogP contribution in [0.15, 0.2) is 42.9 Å². The Morgan fingerprint density at radius 3 is 2.55 bits per heavy atom. The van der Waals surface area contributed by atoms with Crippen molar-refractivity contribution in [1.29, 1.82) is 0 Å². The molecule has 3 N–H and O–H groups in total. The summed E-state index contributed by atoms with van der Waals surface area (Å²) in [5.74, 6) is -2.00. The van der Waals surface area contributed by atoms with Gasteiger partial charge in [0.15, 0.2) is 17.3 Å². The van der Waals surface area contributed by atoms with Gasteiger partial charge >= 0.3 is 0 Å². The van der Waals surface area contributed by atoms with Crippen molar-refractivity contribution in [2.75, 3.05) is 17.1 Å². The van der Waals surface area contributed by atoms with Gasteiger partial charge in [-0.25, -0.2) is 14.1 Å². The van der Waals surface area contributed by atoms with Gasteiger partial charge in [0.25, 0.3) is 10.2 Å². The molecule has 0 aliphatic carbocycles. The maximum atomic E-state index is 14.7. The summed E-state index contributed by atoms with van der Waals surface area (Å²) in [4.78, 5) is 7.73. The van der Waals surface area contributed by atoms with Gasteiger partial charge in [0.1, 0.15) is 5.82 Å². The third kappa shape index (κ3) is 5.25. The Hall–Kier alpha value is -3.31. The fraction of sp³-hybridized carbons (Fsp3) is 0.200. The van der Waals surface area contributed by atoms with E-state index in [0.29, 0.717) is 17.7 Å². The van der Waals surface area contributed by atoms with E-state index in [-0.39, 0.29) is 17.2 Å². The Morgan fingerprint density at radius 1 is 1.10 bits per heavy atom. The molecule has 0 radical (unpaired) electrons. The lowest BCUT2D eigenvalue weighted by Gasteiger charge is -2.15. The van der Waals surface area contributed by atoms with Gasteiger partial charge < -0.3 is 10.1 Å². The Bertz CT molecular complexity index is 1210. The molecule has 0 unspecified atom stereocenters. The van der Waals surface area contributed by atoms with E-state index in [4.69, 9.17) is 4.74 Å². The molecular weight excluding hydrogens is 428 g/mol. The third-order valence-electron chi connectivity index (χ3n) is 4.45. The molecule has 0 spiro atoms. The van der Waals surface area contributed by atoms with Gasteiger partial charge in [0.05, 0.1) is 23.8 Å². The molecule has 2 heterocycles. The molecule has 0 aliphatic heterocycles. The van der Waals surface area contributed by atoms with Crippen molar-refractivity contribution in [3.8, 4) is 11.5 Å². The molecule has 0 atom stereocenters. The lowest BCUT2D eigenvalue weighted by molar-refractivity contribution is 0.438. The maximum absolute atomic E-state index is 14.7. The second-order valence-electron chi connectivity index (χ2n) is 6.49. The normalized spacial score (nSPS) is 11.3. The van der Waals surface area contributed by atoms with Gasteiger partial charge in [0.2, 0.25) is 5.82 Å². The van der Waals surface area contributed by atoms with Crippen molar-refractivity contribution in [1.82, 2.24) is 14.7 Å². The van der Waals surface area contributed by atoms with E-state index in [1.54, 1.807) is 13.0 Å². The zero-order valence-corrected chi connectivity index (χ0v) is 17.8. The summed E-state index contributed by atoms with van der Waals surface area (Å²) < 4.78 is 61.8. The van der Waals surface area contributed by atoms with E-state index in [1.165, 1.54) is 37.8 Å². The number of pyridine rings is 2. The first-order valence-electron chi connectivity index (χ1n) is 9.27. The maximum Gasteiger partial charge on any atom is 0.300 e.